The van der Waals surface area contributed by atoms with Gasteiger partial charge in [0.1, 0.15) is 11.6 Å². The third-order valence-corrected chi connectivity index (χ3v) is 3.14. The number of aromatic nitrogens is 4. The van der Waals surface area contributed by atoms with Crippen LogP contribution in [-0.4, -0.2) is 19.1 Å². The summed E-state index contributed by atoms with van der Waals surface area (Å²) in [5, 5.41) is 8.10. The van der Waals surface area contributed by atoms with Crippen molar-refractivity contribution in [3.8, 4) is 0 Å². The third-order valence-electron chi connectivity index (χ3n) is 2.45. The molecule has 0 saturated carbocycles. The van der Waals surface area contributed by atoms with Crippen LogP contribution in [0.2, 0.25) is 0 Å². The molecular formula is C10H16N6S. The molecule has 0 bridgehead atoms. The number of hydrogen-bond acceptors (Lipinski definition) is 6. The van der Waals surface area contributed by atoms with Crippen molar-refractivity contribution in [3.05, 3.63) is 17.6 Å². The SMILES string of the molecule is CC(C)c1nsc(NCc2cnn(C)c2N)n1. The van der Waals surface area contributed by atoms with E-state index in [4.69, 9.17) is 5.73 Å². The number of nitrogens with one attached hydrogen (secondary N) is 1. The van der Waals surface area contributed by atoms with E-state index >= 15 is 0 Å². The first-order valence-electron chi connectivity index (χ1n) is 5.41. The smallest absolute Gasteiger partial charge is 0.202 e. The summed E-state index contributed by atoms with van der Waals surface area (Å²) in [5.41, 5.74) is 6.81. The predicted molar refractivity (Wildman–Crippen MR) is 68.9 cm³/mol. The highest BCUT2D eigenvalue weighted by atomic mass is 32.1. The minimum Gasteiger partial charge on any atom is -0.384 e. The summed E-state index contributed by atoms with van der Waals surface area (Å²) in [5.74, 6) is 1.90. The molecule has 2 aromatic rings. The van der Waals surface area contributed by atoms with Gasteiger partial charge in [-0.25, -0.2) is 4.98 Å². The van der Waals surface area contributed by atoms with Crippen molar-refractivity contribution in [2.75, 3.05) is 11.1 Å². The van der Waals surface area contributed by atoms with Gasteiger partial charge in [0, 0.05) is 36.6 Å². The summed E-state index contributed by atoms with van der Waals surface area (Å²) in [6.45, 7) is 4.77. The largest absolute Gasteiger partial charge is 0.384 e. The first-order valence-corrected chi connectivity index (χ1v) is 6.19. The first-order chi connectivity index (χ1) is 8.08. The van der Waals surface area contributed by atoms with Crippen LogP contribution in [0.1, 0.15) is 31.2 Å². The maximum absolute atomic E-state index is 5.85. The van der Waals surface area contributed by atoms with Gasteiger partial charge in [-0.15, -0.1) is 0 Å². The molecular weight excluding hydrogens is 236 g/mol. The van der Waals surface area contributed by atoms with Crippen molar-refractivity contribution < 1.29 is 0 Å². The van der Waals surface area contributed by atoms with Crippen molar-refractivity contribution in [1.29, 1.82) is 0 Å². The Morgan fingerprint density at radius 3 is 2.82 bits per heavy atom. The molecule has 17 heavy (non-hydrogen) atoms. The summed E-state index contributed by atoms with van der Waals surface area (Å²) in [7, 11) is 1.82. The second kappa shape index (κ2) is 4.70. The highest BCUT2D eigenvalue weighted by molar-refractivity contribution is 7.09. The molecule has 0 fully saturated rings. The molecule has 0 aliphatic rings. The lowest BCUT2D eigenvalue weighted by Crippen LogP contribution is -2.04. The molecule has 0 aliphatic heterocycles. The summed E-state index contributed by atoms with van der Waals surface area (Å²) in [6, 6.07) is 0. The van der Waals surface area contributed by atoms with Gasteiger partial charge in [0.15, 0.2) is 0 Å². The predicted octanol–water partition coefficient (Wildman–Crippen LogP) is 1.59. The lowest BCUT2D eigenvalue weighted by atomic mass is 10.2. The molecule has 0 saturated heterocycles. The van der Waals surface area contributed by atoms with Gasteiger partial charge in [-0.1, -0.05) is 13.8 Å². The Hall–Kier alpha value is -1.63. The molecule has 0 amide bonds. The quantitative estimate of drug-likeness (QED) is 0.863. The average molecular weight is 252 g/mol. The molecule has 3 N–H and O–H groups in total. The standard InChI is InChI=1S/C10H16N6S/c1-6(2)9-14-10(17-15-9)12-4-7-5-13-16(3)8(7)11/h5-6H,4,11H2,1-3H3,(H,12,14,15). The Labute approximate surface area is 104 Å². The van der Waals surface area contributed by atoms with Crippen molar-refractivity contribution in [1.82, 2.24) is 19.1 Å². The fourth-order valence-electron chi connectivity index (χ4n) is 1.34. The van der Waals surface area contributed by atoms with E-state index in [1.165, 1.54) is 11.5 Å². The molecule has 0 atom stereocenters. The number of aryl methyl sites for hydroxylation is 1. The Morgan fingerprint density at radius 1 is 1.53 bits per heavy atom. The monoisotopic (exact) mass is 252 g/mol. The van der Waals surface area contributed by atoms with Crippen molar-refractivity contribution in [2.45, 2.75) is 26.3 Å². The van der Waals surface area contributed by atoms with Crippen LogP contribution in [-0.2, 0) is 13.6 Å². The summed E-state index contributed by atoms with van der Waals surface area (Å²) in [6.07, 6.45) is 1.76. The lowest BCUT2D eigenvalue weighted by molar-refractivity contribution is 0.778. The van der Waals surface area contributed by atoms with E-state index in [0.717, 1.165) is 16.5 Å². The van der Waals surface area contributed by atoms with Crippen LogP contribution in [0, 0.1) is 0 Å². The zero-order chi connectivity index (χ0) is 12.4. The Bertz CT molecular complexity index is 501. The third kappa shape index (κ3) is 2.55. The molecule has 0 aromatic carbocycles. The highest BCUT2D eigenvalue weighted by Gasteiger charge is 2.09. The minimum absolute atomic E-state index is 0.352. The van der Waals surface area contributed by atoms with E-state index in [1.807, 2.05) is 7.05 Å². The van der Waals surface area contributed by atoms with Crippen molar-refractivity contribution in [2.24, 2.45) is 7.05 Å². The number of rotatable bonds is 4. The maximum atomic E-state index is 5.85. The zero-order valence-corrected chi connectivity index (χ0v) is 11.0. The summed E-state index contributed by atoms with van der Waals surface area (Å²) < 4.78 is 5.92. The van der Waals surface area contributed by atoms with E-state index in [-0.39, 0.29) is 0 Å². The molecule has 0 spiro atoms. The van der Waals surface area contributed by atoms with Crippen molar-refractivity contribution in [3.63, 3.8) is 0 Å². The summed E-state index contributed by atoms with van der Waals surface area (Å²) >= 11 is 1.37. The van der Waals surface area contributed by atoms with Gasteiger partial charge in [-0.2, -0.15) is 9.47 Å². The molecule has 0 radical (unpaired) electrons. The van der Waals surface area contributed by atoms with E-state index < -0.39 is 0 Å². The highest BCUT2D eigenvalue weighted by Crippen LogP contribution is 2.18. The summed E-state index contributed by atoms with van der Waals surface area (Å²) in [4.78, 5) is 4.39. The molecule has 2 heterocycles. The van der Waals surface area contributed by atoms with Crippen LogP contribution < -0.4 is 11.1 Å². The minimum atomic E-state index is 0.352. The fraction of sp³-hybridized carbons (Fsp3) is 0.500. The zero-order valence-electron chi connectivity index (χ0n) is 10.1. The topological polar surface area (TPSA) is 81.7 Å². The Balaban J connectivity index is 2.00. The Kier molecular flexibility index (Phi) is 3.28. The van der Waals surface area contributed by atoms with Crippen LogP contribution >= 0.6 is 11.5 Å². The molecule has 6 nitrogen and oxygen atoms in total. The van der Waals surface area contributed by atoms with Gasteiger partial charge in [-0.05, 0) is 0 Å². The van der Waals surface area contributed by atoms with Crippen LogP contribution in [0.5, 0.6) is 0 Å². The average Bonchev–Trinajstić information content (AvgIpc) is 2.86. The second-order valence-electron chi connectivity index (χ2n) is 4.14. The first kappa shape index (κ1) is 11.8. The number of anilines is 2. The van der Waals surface area contributed by atoms with Crippen LogP contribution in [0.3, 0.4) is 0 Å². The Morgan fingerprint density at radius 2 is 2.29 bits per heavy atom. The maximum Gasteiger partial charge on any atom is 0.202 e. The fourth-order valence-corrected chi connectivity index (χ4v) is 2.04. The lowest BCUT2D eigenvalue weighted by Gasteiger charge is -2.01. The van der Waals surface area contributed by atoms with Crippen LogP contribution in [0.4, 0.5) is 10.9 Å². The van der Waals surface area contributed by atoms with Gasteiger partial charge in [0.2, 0.25) is 5.13 Å². The van der Waals surface area contributed by atoms with Crippen LogP contribution in [0.15, 0.2) is 6.20 Å². The van der Waals surface area contributed by atoms with E-state index in [0.29, 0.717) is 18.3 Å². The number of nitrogens with two attached hydrogens (primary N) is 1. The molecule has 2 rings (SSSR count). The van der Waals surface area contributed by atoms with Gasteiger partial charge >= 0.3 is 0 Å². The van der Waals surface area contributed by atoms with Gasteiger partial charge < -0.3 is 11.1 Å². The molecule has 0 aliphatic carbocycles. The molecule has 2 aromatic heterocycles. The molecule has 92 valence electrons. The van der Waals surface area contributed by atoms with E-state index in [9.17, 15) is 0 Å². The molecule has 0 unspecified atom stereocenters. The van der Waals surface area contributed by atoms with Gasteiger partial charge in [0.05, 0.1) is 6.20 Å². The number of nitrogen functional groups attached to an aromatic ring is 1. The normalized spacial score (nSPS) is 11.1. The van der Waals surface area contributed by atoms with Gasteiger partial charge in [0.25, 0.3) is 0 Å². The molecule has 7 heteroatoms. The number of hydrogen-bond donors (Lipinski definition) is 2. The van der Waals surface area contributed by atoms with Crippen molar-refractivity contribution >= 4 is 22.5 Å². The number of nitrogens with zero attached hydrogens (tertiary/aromatic N) is 4. The van der Waals surface area contributed by atoms with Crippen LogP contribution in [0.25, 0.3) is 0 Å². The van der Waals surface area contributed by atoms with Gasteiger partial charge in [-0.3, -0.25) is 4.68 Å². The van der Waals surface area contributed by atoms with E-state index in [1.54, 1.807) is 10.9 Å². The van der Waals surface area contributed by atoms with E-state index in [2.05, 4.69) is 33.6 Å². The second-order valence-corrected chi connectivity index (χ2v) is 4.90.